The van der Waals surface area contributed by atoms with E-state index in [4.69, 9.17) is 0 Å². The van der Waals surface area contributed by atoms with Crippen molar-refractivity contribution in [3.63, 3.8) is 0 Å². The van der Waals surface area contributed by atoms with Gasteiger partial charge in [-0.3, -0.25) is 14.5 Å². The fourth-order valence-electron chi connectivity index (χ4n) is 3.64. The van der Waals surface area contributed by atoms with Gasteiger partial charge in [-0.2, -0.15) is 4.31 Å². The molecule has 0 atom stereocenters. The lowest BCUT2D eigenvalue weighted by molar-refractivity contribution is -0.139. The Bertz CT molecular complexity index is 663. The highest BCUT2D eigenvalue weighted by Gasteiger charge is 2.52. The Balaban J connectivity index is 1.60. The van der Waals surface area contributed by atoms with Gasteiger partial charge < -0.3 is 10.2 Å². The van der Waals surface area contributed by atoms with E-state index in [0.29, 0.717) is 12.8 Å². The number of amides is 4. The number of hydrogen-bond donors (Lipinski definition) is 1. The zero-order chi connectivity index (χ0) is 17.5. The minimum Gasteiger partial charge on any atom is -0.338 e. The summed E-state index contributed by atoms with van der Waals surface area (Å²) in [6.07, 6.45) is 4.16. The van der Waals surface area contributed by atoms with Crippen LogP contribution in [0.1, 0.15) is 25.7 Å². The second-order valence-corrected chi connectivity index (χ2v) is 8.64. The number of nitrogens with one attached hydrogen (secondary N) is 1. The quantitative estimate of drug-likeness (QED) is 0.648. The third-order valence-electron chi connectivity index (χ3n) is 5.06. The summed E-state index contributed by atoms with van der Waals surface area (Å²) in [5, 5.41) is 2.74. The molecule has 3 rings (SSSR count). The molecular formula is C14H22N4O5S. The molecule has 1 spiro atoms. The van der Waals surface area contributed by atoms with Crippen molar-refractivity contribution < 1.29 is 22.8 Å². The van der Waals surface area contributed by atoms with Gasteiger partial charge in [0.15, 0.2) is 0 Å². The molecule has 0 radical (unpaired) electrons. The highest BCUT2D eigenvalue weighted by molar-refractivity contribution is 7.88. The highest BCUT2D eigenvalue weighted by atomic mass is 32.2. The molecule has 1 saturated carbocycles. The molecule has 134 valence electrons. The van der Waals surface area contributed by atoms with Crippen molar-refractivity contribution in [2.24, 2.45) is 0 Å². The van der Waals surface area contributed by atoms with Crippen LogP contribution in [0.2, 0.25) is 0 Å². The maximum Gasteiger partial charge on any atom is 0.325 e. The number of carbonyl (C=O) groups is 3. The first-order chi connectivity index (χ1) is 11.2. The maximum atomic E-state index is 12.5. The standard InChI is InChI=1S/C14H22N4O5S/c1-24(22,23)17-8-6-16(7-9-17)11(19)10-18-12(20)14(15-13(18)21)4-2-3-5-14/h2-10H2,1H3,(H,15,21). The first kappa shape index (κ1) is 17.2. The summed E-state index contributed by atoms with van der Waals surface area (Å²) in [6, 6.07) is -0.509. The van der Waals surface area contributed by atoms with Crippen LogP contribution in [0.3, 0.4) is 0 Å². The second-order valence-electron chi connectivity index (χ2n) is 6.65. The number of sulfonamides is 1. The van der Waals surface area contributed by atoms with Gasteiger partial charge in [0.05, 0.1) is 6.26 Å². The van der Waals surface area contributed by atoms with E-state index in [2.05, 4.69) is 5.32 Å². The molecular weight excluding hydrogens is 336 g/mol. The smallest absolute Gasteiger partial charge is 0.325 e. The van der Waals surface area contributed by atoms with E-state index in [0.717, 1.165) is 24.0 Å². The van der Waals surface area contributed by atoms with E-state index in [1.165, 1.54) is 9.21 Å². The number of urea groups is 1. The van der Waals surface area contributed by atoms with Crippen molar-refractivity contribution >= 4 is 27.9 Å². The second kappa shape index (κ2) is 5.99. The summed E-state index contributed by atoms with van der Waals surface area (Å²) >= 11 is 0. The van der Waals surface area contributed by atoms with Crippen LogP contribution >= 0.6 is 0 Å². The van der Waals surface area contributed by atoms with Gasteiger partial charge in [0.25, 0.3) is 5.91 Å². The van der Waals surface area contributed by atoms with Crippen molar-refractivity contribution in [3.8, 4) is 0 Å². The summed E-state index contributed by atoms with van der Waals surface area (Å²) in [5.74, 6) is -0.644. The summed E-state index contributed by atoms with van der Waals surface area (Å²) < 4.78 is 24.3. The van der Waals surface area contributed by atoms with E-state index < -0.39 is 21.6 Å². The average molecular weight is 358 g/mol. The number of rotatable bonds is 3. The minimum atomic E-state index is -3.26. The highest BCUT2D eigenvalue weighted by Crippen LogP contribution is 2.34. The molecule has 0 unspecified atom stereocenters. The predicted molar refractivity (Wildman–Crippen MR) is 84.4 cm³/mol. The topological polar surface area (TPSA) is 107 Å². The molecule has 2 aliphatic heterocycles. The largest absolute Gasteiger partial charge is 0.338 e. The summed E-state index contributed by atoms with van der Waals surface area (Å²) in [4.78, 5) is 39.5. The molecule has 4 amide bonds. The Morgan fingerprint density at radius 1 is 1.12 bits per heavy atom. The molecule has 1 aliphatic carbocycles. The molecule has 3 aliphatic rings. The molecule has 0 aromatic carbocycles. The molecule has 3 fully saturated rings. The van der Waals surface area contributed by atoms with Crippen LogP contribution in [0.25, 0.3) is 0 Å². The molecule has 2 heterocycles. The van der Waals surface area contributed by atoms with Crippen molar-refractivity contribution in [3.05, 3.63) is 0 Å². The average Bonchev–Trinajstić information content (AvgIpc) is 3.08. The van der Waals surface area contributed by atoms with Crippen LogP contribution in [-0.4, -0.2) is 84.9 Å². The first-order valence-electron chi connectivity index (χ1n) is 8.10. The first-order valence-corrected chi connectivity index (χ1v) is 9.95. The van der Waals surface area contributed by atoms with Crippen molar-refractivity contribution in [2.45, 2.75) is 31.2 Å². The number of nitrogens with zero attached hydrogens (tertiary/aromatic N) is 3. The molecule has 9 nitrogen and oxygen atoms in total. The van der Waals surface area contributed by atoms with Crippen molar-refractivity contribution in [1.29, 1.82) is 0 Å². The summed E-state index contributed by atoms with van der Waals surface area (Å²) in [7, 11) is -3.26. The zero-order valence-electron chi connectivity index (χ0n) is 13.7. The Kier molecular flexibility index (Phi) is 4.28. The lowest BCUT2D eigenvalue weighted by atomic mass is 9.98. The van der Waals surface area contributed by atoms with Crippen LogP contribution in [0.5, 0.6) is 0 Å². The Hall–Kier alpha value is -1.68. The van der Waals surface area contributed by atoms with Crippen LogP contribution in [-0.2, 0) is 19.6 Å². The van der Waals surface area contributed by atoms with Crippen molar-refractivity contribution in [1.82, 2.24) is 19.4 Å². The summed E-state index contributed by atoms with van der Waals surface area (Å²) in [5.41, 5.74) is -0.813. The van der Waals surface area contributed by atoms with Gasteiger partial charge in [-0.1, -0.05) is 12.8 Å². The lowest BCUT2D eigenvalue weighted by Gasteiger charge is -2.33. The number of piperazine rings is 1. The van der Waals surface area contributed by atoms with Crippen LogP contribution in [0.15, 0.2) is 0 Å². The van der Waals surface area contributed by atoms with E-state index in [1.54, 1.807) is 0 Å². The van der Waals surface area contributed by atoms with Gasteiger partial charge in [-0.15, -0.1) is 0 Å². The van der Waals surface area contributed by atoms with Gasteiger partial charge >= 0.3 is 6.03 Å². The van der Waals surface area contributed by atoms with Gasteiger partial charge in [0, 0.05) is 26.2 Å². The molecule has 10 heteroatoms. The van der Waals surface area contributed by atoms with E-state index in [9.17, 15) is 22.8 Å². The maximum absolute atomic E-state index is 12.5. The minimum absolute atomic E-state index is 0.231. The SMILES string of the molecule is CS(=O)(=O)N1CCN(C(=O)CN2C(=O)NC3(CCCC3)C2=O)CC1. The number of hydrogen-bond acceptors (Lipinski definition) is 5. The number of carbonyl (C=O) groups excluding carboxylic acids is 3. The lowest BCUT2D eigenvalue weighted by Crippen LogP contribution is -2.53. The van der Waals surface area contributed by atoms with Crippen molar-refractivity contribution in [2.75, 3.05) is 39.0 Å². The molecule has 0 bridgehead atoms. The fraction of sp³-hybridized carbons (Fsp3) is 0.786. The zero-order valence-corrected chi connectivity index (χ0v) is 14.5. The van der Waals surface area contributed by atoms with E-state index >= 15 is 0 Å². The third-order valence-corrected chi connectivity index (χ3v) is 6.36. The van der Waals surface area contributed by atoms with E-state index in [-0.39, 0.29) is 44.5 Å². The Morgan fingerprint density at radius 2 is 1.71 bits per heavy atom. The fourth-order valence-corrected chi connectivity index (χ4v) is 4.47. The van der Waals surface area contributed by atoms with Gasteiger partial charge in [-0.05, 0) is 12.8 Å². The van der Waals surface area contributed by atoms with Crippen LogP contribution < -0.4 is 5.32 Å². The Labute approximate surface area is 141 Å². The van der Waals surface area contributed by atoms with Gasteiger partial charge in [0.1, 0.15) is 12.1 Å². The molecule has 0 aromatic rings. The normalized spacial score (nSPS) is 24.7. The van der Waals surface area contributed by atoms with E-state index in [1.807, 2.05) is 0 Å². The monoisotopic (exact) mass is 358 g/mol. The van der Waals surface area contributed by atoms with Gasteiger partial charge in [0.2, 0.25) is 15.9 Å². The predicted octanol–water partition coefficient (Wildman–Crippen LogP) is -1.05. The molecule has 24 heavy (non-hydrogen) atoms. The van der Waals surface area contributed by atoms with Crippen LogP contribution in [0.4, 0.5) is 4.79 Å². The number of imide groups is 1. The Morgan fingerprint density at radius 3 is 2.25 bits per heavy atom. The molecule has 1 N–H and O–H groups in total. The molecule has 2 saturated heterocycles. The van der Waals surface area contributed by atoms with Gasteiger partial charge in [-0.25, -0.2) is 13.2 Å². The summed E-state index contributed by atoms with van der Waals surface area (Å²) in [6.45, 7) is 0.704. The molecule has 0 aromatic heterocycles. The van der Waals surface area contributed by atoms with Crippen LogP contribution in [0, 0.1) is 0 Å². The third kappa shape index (κ3) is 3.00.